The van der Waals surface area contributed by atoms with Crippen molar-refractivity contribution in [2.75, 3.05) is 0 Å². The molecule has 3 nitrogen and oxygen atoms in total. The highest BCUT2D eigenvalue weighted by molar-refractivity contribution is 5.68. The van der Waals surface area contributed by atoms with E-state index in [4.69, 9.17) is 10.5 Å². The van der Waals surface area contributed by atoms with Gasteiger partial charge in [-0.15, -0.1) is 0 Å². The summed E-state index contributed by atoms with van der Waals surface area (Å²) in [5.41, 5.74) is 2.33. The van der Waals surface area contributed by atoms with Crippen LogP contribution in [0.25, 0.3) is 11.3 Å². The molecule has 1 aromatic carbocycles. The van der Waals surface area contributed by atoms with Crippen LogP contribution in [0.3, 0.4) is 0 Å². The highest BCUT2D eigenvalue weighted by Gasteiger charge is 2.06. The molecule has 0 fully saturated rings. The molecule has 0 bridgehead atoms. The molecule has 0 aliphatic rings. The SMILES string of the molecule is N#Cc1ccc(C#N)c(-c2ccc[c]n2)c1. The Bertz CT molecular complexity index is 589. The summed E-state index contributed by atoms with van der Waals surface area (Å²) in [7, 11) is 0. The van der Waals surface area contributed by atoms with E-state index < -0.39 is 0 Å². The molecular formula is C13H6N3. The number of hydrogen-bond donors (Lipinski definition) is 0. The summed E-state index contributed by atoms with van der Waals surface area (Å²) < 4.78 is 0. The van der Waals surface area contributed by atoms with Crippen LogP contribution in [0.1, 0.15) is 11.1 Å². The van der Waals surface area contributed by atoms with Gasteiger partial charge in [0.15, 0.2) is 0 Å². The molecule has 2 rings (SSSR count). The van der Waals surface area contributed by atoms with E-state index in [2.05, 4.69) is 17.3 Å². The molecule has 0 spiro atoms. The van der Waals surface area contributed by atoms with Gasteiger partial charge in [0.25, 0.3) is 0 Å². The fourth-order valence-electron chi connectivity index (χ4n) is 1.40. The standard InChI is InChI=1S/C13H6N3/c14-8-10-4-5-11(9-15)12(7-10)13-3-1-2-6-16-13/h1-5,7H. The summed E-state index contributed by atoms with van der Waals surface area (Å²) in [6, 6.07) is 14.3. The molecule has 1 radical (unpaired) electrons. The van der Waals surface area contributed by atoms with Crippen LogP contribution in [0.2, 0.25) is 0 Å². The van der Waals surface area contributed by atoms with Crippen LogP contribution in [0.15, 0.2) is 36.4 Å². The third kappa shape index (κ3) is 1.75. The number of aromatic nitrogens is 1. The number of pyridine rings is 1. The molecule has 0 saturated heterocycles. The second kappa shape index (κ2) is 4.25. The first-order chi connectivity index (χ1) is 7.85. The summed E-state index contributed by atoms with van der Waals surface area (Å²) in [5.74, 6) is 0. The highest BCUT2D eigenvalue weighted by Crippen LogP contribution is 2.22. The van der Waals surface area contributed by atoms with E-state index in [9.17, 15) is 0 Å². The summed E-state index contributed by atoms with van der Waals surface area (Å²) >= 11 is 0. The Kier molecular flexibility index (Phi) is 2.63. The normalized spacial score (nSPS) is 9.12. The molecule has 0 aliphatic heterocycles. The van der Waals surface area contributed by atoms with Gasteiger partial charge in [-0.3, -0.25) is 0 Å². The number of rotatable bonds is 1. The summed E-state index contributed by atoms with van der Waals surface area (Å²) in [5, 5.41) is 17.8. The van der Waals surface area contributed by atoms with Gasteiger partial charge in [0.05, 0.1) is 35.2 Å². The second-order valence-corrected chi connectivity index (χ2v) is 3.14. The quantitative estimate of drug-likeness (QED) is 0.716. The average Bonchev–Trinajstić information content (AvgIpc) is 2.39. The van der Waals surface area contributed by atoms with Crippen LogP contribution < -0.4 is 0 Å². The monoisotopic (exact) mass is 204 g/mol. The molecule has 0 amide bonds. The molecular weight excluding hydrogens is 198 g/mol. The highest BCUT2D eigenvalue weighted by atomic mass is 14.7. The minimum absolute atomic E-state index is 0.506. The largest absolute Gasteiger partial charge is 0.246 e. The van der Waals surface area contributed by atoms with Crippen molar-refractivity contribution in [3.63, 3.8) is 0 Å². The summed E-state index contributed by atoms with van der Waals surface area (Å²) in [6.45, 7) is 0. The van der Waals surface area contributed by atoms with Crippen molar-refractivity contribution in [1.29, 1.82) is 10.5 Å². The topological polar surface area (TPSA) is 60.5 Å². The molecule has 0 aliphatic carbocycles. The third-order valence-corrected chi connectivity index (χ3v) is 2.15. The van der Waals surface area contributed by atoms with Gasteiger partial charge in [-0.05, 0) is 30.3 Å². The van der Waals surface area contributed by atoms with E-state index >= 15 is 0 Å². The lowest BCUT2D eigenvalue weighted by Gasteiger charge is -2.02. The maximum Gasteiger partial charge on any atom is 0.0998 e. The van der Waals surface area contributed by atoms with Gasteiger partial charge in [0, 0.05) is 5.56 Å². The van der Waals surface area contributed by atoms with Gasteiger partial charge in [-0.2, -0.15) is 10.5 Å². The minimum Gasteiger partial charge on any atom is -0.246 e. The van der Waals surface area contributed by atoms with Crippen LogP contribution in [-0.2, 0) is 0 Å². The Hall–Kier alpha value is -2.65. The average molecular weight is 204 g/mol. The molecule has 0 N–H and O–H groups in total. The Labute approximate surface area is 93.2 Å². The fourth-order valence-corrected chi connectivity index (χ4v) is 1.40. The number of hydrogen-bond acceptors (Lipinski definition) is 3. The van der Waals surface area contributed by atoms with Crippen molar-refractivity contribution < 1.29 is 0 Å². The maximum absolute atomic E-state index is 8.97. The molecule has 16 heavy (non-hydrogen) atoms. The zero-order valence-corrected chi connectivity index (χ0v) is 8.31. The maximum atomic E-state index is 8.97. The van der Waals surface area contributed by atoms with E-state index in [1.165, 1.54) is 0 Å². The zero-order valence-electron chi connectivity index (χ0n) is 8.31. The molecule has 3 heteroatoms. The molecule has 0 atom stereocenters. The van der Waals surface area contributed by atoms with Crippen LogP contribution in [-0.4, -0.2) is 4.98 Å². The first-order valence-corrected chi connectivity index (χ1v) is 4.63. The molecule has 1 heterocycles. The van der Waals surface area contributed by atoms with Gasteiger partial charge < -0.3 is 0 Å². The van der Waals surface area contributed by atoms with E-state index in [0.29, 0.717) is 22.4 Å². The van der Waals surface area contributed by atoms with Crippen molar-refractivity contribution >= 4 is 0 Å². The zero-order chi connectivity index (χ0) is 11.4. The lowest BCUT2D eigenvalue weighted by molar-refractivity contribution is 1.30. The van der Waals surface area contributed by atoms with Crippen molar-refractivity contribution in [3.8, 4) is 23.4 Å². The van der Waals surface area contributed by atoms with Gasteiger partial charge in [-0.25, -0.2) is 4.98 Å². The molecule has 0 saturated carbocycles. The van der Waals surface area contributed by atoms with Crippen LogP contribution in [0.4, 0.5) is 0 Å². The smallest absolute Gasteiger partial charge is 0.0998 e. The minimum atomic E-state index is 0.506. The lowest BCUT2D eigenvalue weighted by atomic mass is 10.0. The van der Waals surface area contributed by atoms with Crippen LogP contribution in [0, 0.1) is 28.9 Å². The first kappa shape index (κ1) is 9.89. The Balaban J connectivity index is 2.65. The fraction of sp³-hybridized carbons (Fsp3) is 0. The van der Waals surface area contributed by atoms with Crippen molar-refractivity contribution in [2.24, 2.45) is 0 Å². The number of nitriles is 2. The lowest BCUT2D eigenvalue weighted by Crippen LogP contribution is -1.88. The first-order valence-electron chi connectivity index (χ1n) is 4.63. The summed E-state index contributed by atoms with van der Waals surface area (Å²) in [4.78, 5) is 4.05. The van der Waals surface area contributed by atoms with Crippen molar-refractivity contribution in [1.82, 2.24) is 4.98 Å². The van der Waals surface area contributed by atoms with Gasteiger partial charge in [0.2, 0.25) is 0 Å². The Morgan fingerprint density at radius 3 is 2.62 bits per heavy atom. The van der Waals surface area contributed by atoms with Gasteiger partial charge in [0.1, 0.15) is 0 Å². The second-order valence-electron chi connectivity index (χ2n) is 3.14. The van der Waals surface area contributed by atoms with Gasteiger partial charge in [-0.1, -0.05) is 6.07 Å². The molecule has 1 aromatic heterocycles. The molecule has 73 valence electrons. The molecule has 2 aromatic rings. The van der Waals surface area contributed by atoms with Crippen molar-refractivity contribution in [3.05, 3.63) is 53.7 Å². The summed E-state index contributed by atoms with van der Waals surface area (Å²) in [6.07, 6.45) is 2.71. The Morgan fingerprint density at radius 2 is 2.00 bits per heavy atom. The van der Waals surface area contributed by atoms with Crippen LogP contribution in [0.5, 0.6) is 0 Å². The predicted molar refractivity (Wildman–Crippen MR) is 57.9 cm³/mol. The van der Waals surface area contributed by atoms with E-state index in [1.54, 1.807) is 36.4 Å². The number of benzene rings is 1. The number of nitrogens with zero attached hydrogens (tertiary/aromatic N) is 3. The van der Waals surface area contributed by atoms with E-state index in [0.717, 1.165) is 0 Å². The Morgan fingerprint density at radius 1 is 1.12 bits per heavy atom. The van der Waals surface area contributed by atoms with Crippen molar-refractivity contribution in [2.45, 2.75) is 0 Å². The molecule has 0 unspecified atom stereocenters. The van der Waals surface area contributed by atoms with E-state index in [1.807, 2.05) is 6.07 Å². The van der Waals surface area contributed by atoms with Crippen LogP contribution >= 0.6 is 0 Å². The van der Waals surface area contributed by atoms with Gasteiger partial charge >= 0.3 is 0 Å². The predicted octanol–water partition coefficient (Wildman–Crippen LogP) is 2.29. The third-order valence-electron chi connectivity index (χ3n) is 2.15. The van der Waals surface area contributed by atoms with E-state index in [-0.39, 0.29) is 0 Å².